The zero-order chi connectivity index (χ0) is 24.9. The molecular weight excluding hydrogens is 472 g/mol. The summed E-state index contributed by atoms with van der Waals surface area (Å²) in [4.78, 5) is 15.8. The third-order valence-corrected chi connectivity index (χ3v) is 7.10. The molecule has 0 N–H and O–H groups in total. The highest BCUT2D eigenvalue weighted by molar-refractivity contribution is 6.30. The van der Waals surface area contributed by atoms with Crippen LogP contribution in [0.25, 0.3) is 10.9 Å². The van der Waals surface area contributed by atoms with Gasteiger partial charge in [-0.3, -0.25) is 4.79 Å². The van der Waals surface area contributed by atoms with E-state index >= 15 is 0 Å². The molecule has 0 aliphatic carbocycles. The third kappa shape index (κ3) is 5.43. The maximum absolute atomic E-state index is 13.3. The number of likely N-dealkylation sites (tertiary alicyclic amines) is 1. The Morgan fingerprint density at radius 3 is 2.50 bits per heavy atom. The summed E-state index contributed by atoms with van der Waals surface area (Å²) < 4.78 is 14.0. The van der Waals surface area contributed by atoms with E-state index in [1.54, 1.807) is 7.11 Å². The van der Waals surface area contributed by atoms with E-state index in [1.165, 1.54) is 0 Å². The third-order valence-electron chi connectivity index (χ3n) is 6.87. The minimum atomic E-state index is 0.0365. The number of nitrogens with zero attached hydrogens (tertiary/aromatic N) is 2. The van der Waals surface area contributed by atoms with E-state index in [2.05, 4.69) is 9.47 Å². The molecule has 5 nitrogen and oxygen atoms in total. The van der Waals surface area contributed by atoms with Crippen molar-refractivity contribution in [3.05, 3.63) is 95.1 Å². The minimum absolute atomic E-state index is 0.0365. The van der Waals surface area contributed by atoms with Gasteiger partial charge in [0.2, 0.25) is 0 Å². The number of carbonyl (C=O) groups is 1. The molecular formula is C30H31ClN2O3. The Morgan fingerprint density at radius 1 is 0.972 bits per heavy atom. The molecule has 1 aliphatic rings. The number of ether oxygens (including phenoxy) is 2. The van der Waals surface area contributed by atoms with E-state index in [1.807, 2.05) is 79.0 Å². The van der Waals surface area contributed by atoms with Crippen LogP contribution in [0.15, 0.2) is 79.0 Å². The van der Waals surface area contributed by atoms with Gasteiger partial charge in [-0.2, -0.15) is 0 Å². The number of benzene rings is 3. The van der Waals surface area contributed by atoms with Crippen LogP contribution in [-0.4, -0.2) is 48.1 Å². The fourth-order valence-corrected chi connectivity index (χ4v) is 5.22. The quantitative estimate of drug-likeness (QED) is 0.246. The second-order valence-electron chi connectivity index (χ2n) is 9.26. The first-order valence-corrected chi connectivity index (χ1v) is 12.9. The maximum atomic E-state index is 13.3. The Labute approximate surface area is 217 Å². The van der Waals surface area contributed by atoms with Crippen molar-refractivity contribution >= 4 is 28.3 Å². The molecule has 1 saturated heterocycles. The maximum Gasteiger partial charge on any atom is 0.195 e. The van der Waals surface area contributed by atoms with E-state index in [4.69, 9.17) is 21.1 Å². The predicted molar refractivity (Wildman–Crippen MR) is 145 cm³/mol. The summed E-state index contributed by atoms with van der Waals surface area (Å²) >= 11 is 6.08. The first-order chi connectivity index (χ1) is 17.6. The fourth-order valence-electron chi connectivity index (χ4n) is 5.04. The number of rotatable bonds is 9. The van der Waals surface area contributed by atoms with Gasteiger partial charge in [0.25, 0.3) is 0 Å². The van der Waals surface area contributed by atoms with E-state index in [0.717, 1.165) is 67.8 Å². The van der Waals surface area contributed by atoms with Crippen LogP contribution in [0, 0.1) is 0 Å². The fraction of sp³-hybridized carbons (Fsp3) is 0.300. The number of fused-ring (bicyclic) bond motifs is 1. The first kappa shape index (κ1) is 24.4. The molecule has 1 aliphatic heterocycles. The van der Waals surface area contributed by atoms with Crippen LogP contribution in [0.2, 0.25) is 5.02 Å². The van der Waals surface area contributed by atoms with Gasteiger partial charge < -0.3 is 18.9 Å². The topological polar surface area (TPSA) is 43.7 Å². The number of carbonyl (C=O) groups excluding carboxylic acids is 1. The lowest BCUT2D eigenvalue weighted by molar-refractivity contribution is 0.0993. The Kier molecular flexibility index (Phi) is 7.59. The van der Waals surface area contributed by atoms with Gasteiger partial charge in [-0.1, -0.05) is 60.1 Å². The SMILES string of the molecule is COc1cccc2c(C(=O)c3ccccc3)cn(CCCN3CCC(Oc4cccc(Cl)c4)CC3)c12. The van der Waals surface area contributed by atoms with Gasteiger partial charge in [-0.15, -0.1) is 0 Å². The molecule has 2 heterocycles. The molecule has 0 unspecified atom stereocenters. The van der Waals surface area contributed by atoms with Crippen LogP contribution in [0.5, 0.6) is 11.5 Å². The molecule has 0 atom stereocenters. The number of aromatic nitrogens is 1. The number of hydrogen-bond donors (Lipinski definition) is 0. The van der Waals surface area contributed by atoms with Crippen molar-refractivity contribution in [2.24, 2.45) is 0 Å². The van der Waals surface area contributed by atoms with E-state index in [-0.39, 0.29) is 11.9 Å². The summed E-state index contributed by atoms with van der Waals surface area (Å²) in [5, 5.41) is 1.63. The summed E-state index contributed by atoms with van der Waals surface area (Å²) in [6, 6.07) is 23.0. The summed E-state index contributed by atoms with van der Waals surface area (Å²) in [5.41, 5.74) is 2.39. The average molecular weight is 503 g/mol. The zero-order valence-corrected chi connectivity index (χ0v) is 21.3. The Morgan fingerprint density at radius 2 is 1.75 bits per heavy atom. The molecule has 1 aromatic heterocycles. The second-order valence-corrected chi connectivity index (χ2v) is 9.69. The number of methoxy groups -OCH3 is 1. The predicted octanol–water partition coefficient (Wildman–Crippen LogP) is 6.47. The van der Waals surface area contributed by atoms with Crippen LogP contribution in [-0.2, 0) is 6.54 Å². The summed E-state index contributed by atoms with van der Waals surface area (Å²) in [5.74, 6) is 1.67. The second kappa shape index (κ2) is 11.2. The van der Waals surface area contributed by atoms with Crippen molar-refractivity contribution in [2.75, 3.05) is 26.7 Å². The molecule has 186 valence electrons. The molecule has 0 radical (unpaired) electrons. The van der Waals surface area contributed by atoms with Crippen LogP contribution in [0.1, 0.15) is 35.2 Å². The van der Waals surface area contributed by atoms with Gasteiger partial charge in [-0.05, 0) is 50.1 Å². The first-order valence-electron chi connectivity index (χ1n) is 12.5. The largest absolute Gasteiger partial charge is 0.495 e. The lowest BCUT2D eigenvalue weighted by atomic mass is 10.0. The summed E-state index contributed by atoms with van der Waals surface area (Å²) in [6.45, 7) is 3.84. The highest BCUT2D eigenvalue weighted by Gasteiger charge is 2.22. The molecule has 0 saturated carbocycles. The highest BCUT2D eigenvalue weighted by Crippen LogP contribution is 2.31. The average Bonchev–Trinajstić information content (AvgIpc) is 3.28. The van der Waals surface area contributed by atoms with E-state index in [0.29, 0.717) is 16.1 Å². The van der Waals surface area contributed by atoms with Gasteiger partial charge in [-0.25, -0.2) is 0 Å². The van der Waals surface area contributed by atoms with Crippen molar-refractivity contribution in [1.29, 1.82) is 0 Å². The number of hydrogen-bond acceptors (Lipinski definition) is 4. The molecule has 0 spiro atoms. The van der Waals surface area contributed by atoms with Gasteiger partial charge >= 0.3 is 0 Å². The van der Waals surface area contributed by atoms with Crippen LogP contribution in [0.4, 0.5) is 0 Å². The number of ketones is 1. The van der Waals surface area contributed by atoms with Gasteiger partial charge in [0.15, 0.2) is 5.78 Å². The normalized spacial score (nSPS) is 14.7. The highest BCUT2D eigenvalue weighted by atomic mass is 35.5. The summed E-state index contributed by atoms with van der Waals surface area (Å²) in [6.07, 6.45) is 5.21. The zero-order valence-electron chi connectivity index (χ0n) is 20.5. The van der Waals surface area contributed by atoms with Crippen molar-refractivity contribution in [1.82, 2.24) is 9.47 Å². The monoisotopic (exact) mass is 502 g/mol. The summed E-state index contributed by atoms with van der Waals surface area (Å²) in [7, 11) is 1.68. The van der Waals surface area contributed by atoms with Crippen LogP contribution >= 0.6 is 11.6 Å². The van der Waals surface area contributed by atoms with Crippen molar-refractivity contribution in [2.45, 2.75) is 31.9 Å². The molecule has 1 fully saturated rings. The Bertz CT molecular complexity index is 1330. The van der Waals surface area contributed by atoms with Crippen molar-refractivity contribution in [3.8, 4) is 11.5 Å². The number of piperidine rings is 1. The molecule has 4 aromatic rings. The molecule has 36 heavy (non-hydrogen) atoms. The number of halogens is 1. The van der Waals surface area contributed by atoms with Gasteiger partial charge in [0.05, 0.1) is 12.6 Å². The molecule has 0 bridgehead atoms. The lowest BCUT2D eigenvalue weighted by Gasteiger charge is -2.32. The lowest BCUT2D eigenvalue weighted by Crippen LogP contribution is -2.38. The number of aryl methyl sites for hydroxylation is 1. The molecule has 0 amide bonds. The van der Waals surface area contributed by atoms with E-state index < -0.39 is 0 Å². The Hall–Kier alpha value is -3.28. The Balaban J connectivity index is 1.23. The minimum Gasteiger partial charge on any atom is -0.495 e. The van der Waals surface area contributed by atoms with Gasteiger partial charge in [0, 0.05) is 47.4 Å². The van der Waals surface area contributed by atoms with E-state index in [9.17, 15) is 4.79 Å². The molecule has 3 aromatic carbocycles. The van der Waals surface area contributed by atoms with Crippen LogP contribution < -0.4 is 9.47 Å². The smallest absolute Gasteiger partial charge is 0.195 e. The van der Waals surface area contributed by atoms with Crippen LogP contribution in [0.3, 0.4) is 0 Å². The van der Waals surface area contributed by atoms with Crippen molar-refractivity contribution in [3.63, 3.8) is 0 Å². The molecule has 5 rings (SSSR count). The van der Waals surface area contributed by atoms with Crippen molar-refractivity contribution < 1.29 is 14.3 Å². The molecule has 6 heteroatoms. The van der Waals surface area contributed by atoms with Gasteiger partial charge in [0.1, 0.15) is 17.6 Å². The number of para-hydroxylation sites is 1. The standard InChI is InChI=1S/C30H31ClN2O3/c1-35-28-13-6-12-26-27(30(34)22-8-3-2-4-9-22)21-33(29(26)28)17-7-16-32-18-14-24(15-19-32)36-25-11-5-10-23(31)20-25/h2-6,8-13,20-21,24H,7,14-19H2,1H3.